The van der Waals surface area contributed by atoms with Gasteiger partial charge >= 0.3 is 0 Å². The molecule has 0 aliphatic heterocycles. The Morgan fingerprint density at radius 2 is 1.50 bits per heavy atom. The van der Waals surface area contributed by atoms with E-state index in [1.165, 1.54) is 18.2 Å². The number of rotatable bonds is 4. The Morgan fingerprint density at radius 1 is 0.955 bits per heavy atom. The molecule has 0 atom stereocenters. The third-order valence-corrected chi connectivity index (χ3v) is 5.07. The summed E-state index contributed by atoms with van der Waals surface area (Å²) in [4.78, 5) is 10.2. The second-order valence-electron chi connectivity index (χ2n) is 4.09. The molecule has 0 bridgehead atoms. The molecular formula is C13H6Cl5NO3. The lowest BCUT2D eigenvalue weighted by Gasteiger charge is -2.13. The predicted molar refractivity (Wildman–Crippen MR) is 88.9 cm³/mol. The molecular weight excluding hydrogens is 395 g/mol. The first kappa shape index (κ1) is 17.4. The smallest absolute Gasteiger partial charge is 0.273 e. The van der Waals surface area contributed by atoms with Gasteiger partial charge in [-0.3, -0.25) is 10.1 Å². The minimum atomic E-state index is -0.525. The van der Waals surface area contributed by atoms with Crippen molar-refractivity contribution in [2.24, 2.45) is 0 Å². The van der Waals surface area contributed by atoms with E-state index in [-0.39, 0.29) is 43.2 Å². The number of nitro benzene ring substituents is 1. The summed E-state index contributed by atoms with van der Waals surface area (Å²) in [5.41, 5.74) is 0.246. The number of benzene rings is 2. The van der Waals surface area contributed by atoms with Crippen molar-refractivity contribution in [1.29, 1.82) is 0 Å². The van der Waals surface area contributed by atoms with Crippen LogP contribution in [-0.4, -0.2) is 4.92 Å². The Labute approximate surface area is 150 Å². The van der Waals surface area contributed by atoms with E-state index in [2.05, 4.69) is 0 Å². The van der Waals surface area contributed by atoms with Crippen LogP contribution in [0.2, 0.25) is 25.1 Å². The zero-order valence-corrected chi connectivity index (χ0v) is 14.4. The highest BCUT2D eigenvalue weighted by Gasteiger charge is 2.19. The highest BCUT2D eigenvalue weighted by atomic mass is 35.5. The summed E-state index contributed by atoms with van der Waals surface area (Å²) < 4.78 is 5.46. The molecule has 22 heavy (non-hydrogen) atoms. The summed E-state index contributed by atoms with van der Waals surface area (Å²) >= 11 is 29.9. The number of nitro groups is 1. The van der Waals surface area contributed by atoms with E-state index < -0.39 is 4.92 Å². The van der Waals surface area contributed by atoms with Crippen LogP contribution in [0, 0.1) is 10.1 Å². The van der Waals surface area contributed by atoms with Crippen molar-refractivity contribution in [3.8, 4) is 5.75 Å². The van der Waals surface area contributed by atoms with Gasteiger partial charge in [0.25, 0.3) is 5.69 Å². The molecule has 0 aromatic heterocycles. The molecule has 0 fully saturated rings. The summed E-state index contributed by atoms with van der Waals surface area (Å²) in [5.74, 6) is 0.281. The molecule has 0 N–H and O–H groups in total. The quantitative estimate of drug-likeness (QED) is 0.256. The van der Waals surface area contributed by atoms with E-state index in [0.29, 0.717) is 5.56 Å². The molecule has 0 spiro atoms. The lowest BCUT2D eigenvalue weighted by molar-refractivity contribution is -0.384. The van der Waals surface area contributed by atoms with Gasteiger partial charge in [0.15, 0.2) is 0 Å². The van der Waals surface area contributed by atoms with E-state index in [4.69, 9.17) is 62.7 Å². The predicted octanol–water partition coefficient (Wildman–Crippen LogP) is 6.44. The minimum Gasteiger partial charge on any atom is -0.489 e. The van der Waals surface area contributed by atoms with Crippen LogP contribution in [0.1, 0.15) is 5.56 Å². The van der Waals surface area contributed by atoms with Gasteiger partial charge in [0, 0.05) is 11.6 Å². The molecule has 116 valence electrons. The summed E-state index contributed by atoms with van der Waals surface area (Å²) in [6, 6.07) is 5.69. The molecule has 0 aliphatic carbocycles. The first-order valence-corrected chi connectivity index (χ1v) is 7.59. The second-order valence-corrected chi connectivity index (χ2v) is 5.98. The van der Waals surface area contributed by atoms with Gasteiger partial charge < -0.3 is 4.74 Å². The topological polar surface area (TPSA) is 52.4 Å². The van der Waals surface area contributed by atoms with Crippen LogP contribution in [-0.2, 0) is 6.61 Å². The standard InChI is InChI=1S/C13H6Cl5NO3/c14-9-8(10(15)12(17)13(18)11(9)16)5-22-7-3-1-2-6(4-7)19(20)21/h1-4H,5H2. The van der Waals surface area contributed by atoms with E-state index in [0.717, 1.165) is 0 Å². The molecule has 0 unspecified atom stereocenters. The van der Waals surface area contributed by atoms with Gasteiger partial charge in [0.05, 0.1) is 36.1 Å². The first-order chi connectivity index (χ1) is 10.3. The maximum atomic E-state index is 10.7. The fraction of sp³-hybridized carbons (Fsp3) is 0.0769. The second kappa shape index (κ2) is 7.11. The molecule has 0 saturated heterocycles. The van der Waals surface area contributed by atoms with Gasteiger partial charge in [0.1, 0.15) is 12.4 Å². The minimum absolute atomic E-state index is 0.0532. The largest absolute Gasteiger partial charge is 0.489 e. The van der Waals surface area contributed by atoms with Crippen LogP contribution < -0.4 is 4.74 Å². The van der Waals surface area contributed by atoms with Crippen molar-refractivity contribution >= 4 is 63.7 Å². The number of hydrogen-bond acceptors (Lipinski definition) is 3. The molecule has 0 radical (unpaired) electrons. The summed E-state index contributed by atoms with van der Waals surface area (Å²) in [6.07, 6.45) is 0. The highest BCUT2D eigenvalue weighted by Crippen LogP contribution is 2.44. The SMILES string of the molecule is O=[N+]([O-])c1cccc(OCc2c(Cl)c(Cl)c(Cl)c(Cl)c2Cl)c1. The number of halogens is 5. The fourth-order valence-electron chi connectivity index (χ4n) is 1.62. The van der Waals surface area contributed by atoms with Gasteiger partial charge in [0.2, 0.25) is 0 Å². The lowest BCUT2D eigenvalue weighted by atomic mass is 10.2. The maximum Gasteiger partial charge on any atom is 0.273 e. The van der Waals surface area contributed by atoms with Crippen molar-refractivity contribution < 1.29 is 9.66 Å². The number of nitrogens with zero attached hydrogens (tertiary/aromatic N) is 1. The fourth-order valence-corrected chi connectivity index (χ4v) is 2.91. The summed E-state index contributed by atoms with van der Waals surface area (Å²) in [7, 11) is 0. The van der Waals surface area contributed by atoms with Crippen molar-refractivity contribution in [1.82, 2.24) is 0 Å². The summed E-state index contributed by atoms with van der Waals surface area (Å²) in [5, 5.41) is 11.1. The third-order valence-electron chi connectivity index (χ3n) is 2.71. The average molecular weight is 401 g/mol. The molecule has 2 aromatic rings. The van der Waals surface area contributed by atoms with Gasteiger partial charge in [-0.15, -0.1) is 0 Å². The number of ether oxygens (including phenoxy) is 1. The van der Waals surface area contributed by atoms with Crippen LogP contribution in [0.25, 0.3) is 0 Å². The average Bonchev–Trinajstić information content (AvgIpc) is 2.51. The molecule has 9 heteroatoms. The van der Waals surface area contributed by atoms with E-state index >= 15 is 0 Å². The molecule has 2 aromatic carbocycles. The molecule has 0 heterocycles. The van der Waals surface area contributed by atoms with Gasteiger partial charge in [-0.1, -0.05) is 64.1 Å². The molecule has 4 nitrogen and oxygen atoms in total. The molecule has 0 aliphatic rings. The van der Waals surface area contributed by atoms with E-state index in [1.54, 1.807) is 6.07 Å². The van der Waals surface area contributed by atoms with Crippen LogP contribution in [0.5, 0.6) is 5.75 Å². The Hall–Kier alpha value is -0.910. The monoisotopic (exact) mass is 399 g/mol. The third kappa shape index (κ3) is 3.53. The van der Waals surface area contributed by atoms with Crippen LogP contribution in [0.4, 0.5) is 5.69 Å². The molecule has 0 amide bonds. The number of non-ortho nitro benzene ring substituents is 1. The maximum absolute atomic E-state index is 10.7. The van der Waals surface area contributed by atoms with Gasteiger partial charge in [-0.05, 0) is 6.07 Å². The van der Waals surface area contributed by atoms with Crippen LogP contribution in [0.15, 0.2) is 24.3 Å². The van der Waals surface area contributed by atoms with E-state index in [9.17, 15) is 10.1 Å². The Kier molecular flexibility index (Phi) is 5.64. The lowest BCUT2D eigenvalue weighted by Crippen LogP contribution is -1.99. The molecule has 0 saturated carbocycles. The van der Waals surface area contributed by atoms with Gasteiger partial charge in [-0.2, -0.15) is 0 Å². The van der Waals surface area contributed by atoms with Crippen LogP contribution in [0.3, 0.4) is 0 Å². The van der Waals surface area contributed by atoms with Crippen LogP contribution >= 0.6 is 58.0 Å². The number of hydrogen-bond donors (Lipinski definition) is 0. The van der Waals surface area contributed by atoms with Crippen molar-refractivity contribution in [3.05, 3.63) is 65.1 Å². The summed E-state index contributed by atoms with van der Waals surface area (Å²) in [6.45, 7) is -0.0740. The zero-order valence-electron chi connectivity index (χ0n) is 10.6. The Balaban J connectivity index is 2.29. The zero-order chi connectivity index (χ0) is 16.4. The van der Waals surface area contributed by atoms with Crippen molar-refractivity contribution in [3.63, 3.8) is 0 Å². The normalized spacial score (nSPS) is 10.6. The first-order valence-electron chi connectivity index (χ1n) is 5.70. The van der Waals surface area contributed by atoms with Crippen molar-refractivity contribution in [2.45, 2.75) is 6.61 Å². The Bertz CT molecular complexity index is 722. The van der Waals surface area contributed by atoms with E-state index in [1.807, 2.05) is 0 Å². The van der Waals surface area contributed by atoms with Gasteiger partial charge in [-0.25, -0.2) is 0 Å². The highest BCUT2D eigenvalue weighted by molar-refractivity contribution is 6.55. The Morgan fingerprint density at radius 3 is 2.05 bits per heavy atom. The molecule has 2 rings (SSSR count). The van der Waals surface area contributed by atoms with Crippen molar-refractivity contribution in [2.75, 3.05) is 0 Å².